The Morgan fingerprint density at radius 3 is 1.98 bits per heavy atom. The summed E-state index contributed by atoms with van der Waals surface area (Å²) < 4.78 is 28.1. The molecule has 4 aromatic heterocycles. The van der Waals surface area contributed by atoms with Gasteiger partial charge in [0, 0.05) is 100 Å². The molecule has 20 nitrogen and oxygen atoms in total. The van der Waals surface area contributed by atoms with Crippen LogP contribution >= 0.6 is 58.1 Å². The molecule has 0 amide bonds. The second kappa shape index (κ2) is 48.6. The van der Waals surface area contributed by atoms with Gasteiger partial charge < -0.3 is 48.7 Å². The summed E-state index contributed by atoms with van der Waals surface area (Å²) >= 11 is 21.8. The summed E-state index contributed by atoms with van der Waals surface area (Å²) in [7, 11) is 8.91. The molecule has 2 saturated carbocycles. The van der Waals surface area contributed by atoms with E-state index in [1.54, 1.807) is 101 Å². The summed E-state index contributed by atoms with van der Waals surface area (Å²) in [6.45, 7) is 21.2. The van der Waals surface area contributed by atoms with Crippen molar-refractivity contribution in [3.63, 3.8) is 0 Å². The highest BCUT2D eigenvalue weighted by Crippen LogP contribution is 2.39. The number of amidine groups is 1. The number of nitrogens with zero attached hydrogens (tertiary/aromatic N) is 8. The second-order valence-electron chi connectivity index (χ2n) is 33.7. The number of aromatic nitrogens is 5. The molecule has 11 aromatic rings. The number of carboxylic acid groups (broad SMARTS) is 1. The van der Waals surface area contributed by atoms with E-state index in [9.17, 15) is 29.1 Å². The molecule has 7 heterocycles. The average molecular weight is 1800 g/mol. The Bertz CT molecular complexity index is 5430. The number of carboxylic acids is 1. The minimum atomic E-state index is -0.907. The molecule has 3 aliphatic heterocycles. The van der Waals surface area contributed by atoms with Gasteiger partial charge in [-0.25, -0.2) is 19.6 Å². The van der Waals surface area contributed by atoms with Gasteiger partial charge in [0.15, 0.2) is 10.6 Å². The number of esters is 1. The van der Waals surface area contributed by atoms with Gasteiger partial charge in [0.2, 0.25) is 5.78 Å². The molecule has 666 valence electrons. The molecule has 125 heavy (non-hydrogen) atoms. The number of ketones is 1. The van der Waals surface area contributed by atoms with E-state index in [2.05, 4.69) is 142 Å². The van der Waals surface area contributed by atoms with Gasteiger partial charge in [0.05, 0.1) is 74.5 Å². The first-order chi connectivity index (χ1) is 60.0. The lowest BCUT2D eigenvalue weighted by Gasteiger charge is -2.32. The molecule has 2 aliphatic carbocycles. The lowest BCUT2D eigenvalue weighted by atomic mass is 9.84. The maximum atomic E-state index is 12.3. The molecule has 5 aliphatic rings. The van der Waals surface area contributed by atoms with E-state index >= 15 is 0 Å². The van der Waals surface area contributed by atoms with E-state index in [-0.39, 0.29) is 47.7 Å². The Labute approximate surface area is 760 Å². The summed E-state index contributed by atoms with van der Waals surface area (Å²) in [5, 5.41) is 24.9. The Kier molecular flexibility index (Phi) is 38.1. The smallest absolute Gasteiger partial charge is 0.338 e. The molecule has 0 radical (unpaired) electrons. The Morgan fingerprint density at radius 1 is 0.704 bits per heavy atom. The predicted octanol–water partition coefficient (Wildman–Crippen LogP) is 20.4. The number of para-hydroxylation sites is 1. The fraction of sp³-hybridized carbons (Fsp3) is 0.410. The summed E-state index contributed by atoms with van der Waals surface area (Å²) in [5.74, 6) is 0.784. The highest BCUT2D eigenvalue weighted by molar-refractivity contribution is 7.99. The average Bonchev–Trinajstić information content (AvgIpc) is 1.65. The van der Waals surface area contributed by atoms with Crippen LogP contribution in [0.4, 0.5) is 5.69 Å². The first-order valence-corrected chi connectivity index (χ1v) is 46.1. The molecular weight excluding hydrogens is 1670 g/mol. The quantitative estimate of drug-likeness (QED) is 0.0191. The summed E-state index contributed by atoms with van der Waals surface area (Å²) in [4.78, 5) is 72.4. The lowest BCUT2D eigenvalue weighted by Crippen LogP contribution is -2.40. The minimum absolute atomic E-state index is 0.0856. The SMILES string of the molecule is C=C1CC2=Nc3ccc(Cl)c(Cl)c3CN2C1.CC(CCc1ccccc1Cl)Cc1ccccc1.CC(CNC1CCCCC1)OC(=O)c1ccccc1.Cc1ccc(C(=O)c2ccc(CC(=O)O)n2C)cc1.Cc1ccc(C[C@](C)(O)C(C)CN(C)C)cc1.Cn1c(=O)c2c(ccn2CC2OCCO2)n(C)c1=O.c1ccc2sc(SNC3CCCCC3)nc2c1. The van der Waals surface area contributed by atoms with Gasteiger partial charge in [-0.05, 0) is 188 Å². The molecule has 3 unspecified atom stereocenters. The molecule has 4 N–H and O–H groups in total. The van der Waals surface area contributed by atoms with Crippen LogP contribution in [0.5, 0.6) is 0 Å². The van der Waals surface area contributed by atoms with Crippen molar-refractivity contribution in [1.29, 1.82) is 0 Å². The molecule has 7 aromatic carbocycles. The number of rotatable bonds is 24. The highest BCUT2D eigenvalue weighted by Gasteiger charge is 2.31. The number of hydrogen-bond donors (Lipinski definition) is 4. The Morgan fingerprint density at radius 2 is 1.33 bits per heavy atom. The number of hydrogen-bond acceptors (Lipinski definition) is 17. The fourth-order valence-corrected chi connectivity index (χ4v) is 18.1. The molecule has 25 heteroatoms. The zero-order valence-electron chi connectivity index (χ0n) is 74.1. The van der Waals surface area contributed by atoms with Crippen LogP contribution in [0.3, 0.4) is 0 Å². The van der Waals surface area contributed by atoms with Gasteiger partial charge in [0.25, 0.3) is 5.56 Å². The molecular formula is C100H123Cl3N10O10S2. The third kappa shape index (κ3) is 29.9. The monoisotopic (exact) mass is 1790 g/mol. The number of aliphatic carboxylic acids is 1. The predicted molar refractivity (Wildman–Crippen MR) is 511 cm³/mol. The van der Waals surface area contributed by atoms with Crippen molar-refractivity contribution < 1.29 is 38.8 Å². The minimum Gasteiger partial charge on any atom is -0.481 e. The number of thiazole rings is 1. The number of aliphatic hydroxyl groups is 1. The number of halogens is 3. The van der Waals surface area contributed by atoms with Crippen molar-refractivity contribution in [2.75, 3.05) is 46.9 Å². The van der Waals surface area contributed by atoms with Gasteiger partial charge in [-0.3, -0.25) is 28.2 Å². The molecule has 16 rings (SSSR count). The number of nitrogens with one attached hydrogen (secondary N) is 2. The van der Waals surface area contributed by atoms with Crippen molar-refractivity contribution in [3.8, 4) is 0 Å². The van der Waals surface area contributed by atoms with Crippen LogP contribution in [-0.2, 0) is 78.9 Å². The summed E-state index contributed by atoms with van der Waals surface area (Å²) in [6, 6.07) is 62.1. The molecule has 4 atom stereocenters. The highest BCUT2D eigenvalue weighted by atomic mass is 35.5. The number of benzene rings is 7. The first kappa shape index (κ1) is 97.9. The fourth-order valence-electron chi connectivity index (χ4n) is 15.5. The van der Waals surface area contributed by atoms with Gasteiger partial charge in [-0.15, -0.1) is 11.3 Å². The van der Waals surface area contributed by atoms with Gasteiger partial charge >= 0.3 is 17.6 Å². The standard InChI is InChI=1S/C17H19Cl.C16H23NO2.C15H15NO3.C15H25NO.C13H16N2S2.C12H10Cl2N2.C12H15N3O4/c1-14(13-15-7-3-2-4-8-15)11-12-16-9-5-6-10-17(16)18;1-13(12-17-15-10-6-3-7-11-15)19-16(18)14-8-4-2-5-9-14;1-10-3-5-11(6-4-10)15(19)13-8-7-12(16(13)2)9-14(17)18;1-12-6-8-14(9-7-12)10-15(3,17)13(2)11-16(4)5;1-2-6-10(7-3-1)15-17-13-14-11-8-4-5-9-12(11)16-13;1-7-4-11-15-10-3-2-9(13)12(14)8(10)6-16(11)5-7;1-13-8-3-4-15(7-9-18-5-6-19-9)10(8)11(16)14(2)12(13)17/h2-10,14H,11-13H2,1H3;2,4-5,8-9,13,15,17H,3,6-7,10-12H2,1H3;3-8H,9H2,1-2H3,(H,17,18);6-9,13,17H,10-11H2,1-5H3;4-5,8-10,15H,1-3,6-7H2;2-3H,1,4-6H2;3-4,9H,5-7H2,1-2H3/t;;;13?,15-;;;/m...0.../s1. The lowest BCUT2D eigenvalue weighted by molar-refractivity contribution is -0.136. The van der Waals surface area contributed by atoms with Crippen LogP contribution < -0.4 is 21.3 Å². The van der Waals surface area contributed by atoms with Crippen LogP contribution in [0.2, 0.25) is 15.1 Å². The normalized spacial score (nSPS) is 15.6. The van der Waals surface area contributed by atoms with Gasteiger partial charge in [-0.2, -0.15) is 0 Å². The van der Waals surface area contributed by atoms with Crippen LogP contribution in [0, 0.1) is 25.7 Å². The number of aliphatic imine (C=N–C) groups is 1. The third-order valence-corrected chi connectivity index (χ3v) is 26.2. The van der Waals surface area contributed by atoms with E-state index in [4.69, 9.17) is 54.1 Å². The molecule has 4 fully saturated rings. The van der Waals surface area contributed by atoms with E-state index in [1.807, 2.05) is 89.5 Å². The van der Waals surface area contributed by atoms with E-state index in [0.717, 1.165) is 87.5 Å². The van der Waals surface area contributed by atoms with E-state index in [1.165, 1.54) is 115 Å². The van der Waals surface area contributed by atoms with E-state index < -0.39 is 11.6 Å². The number of carbonyl (C=O) groups excluding carboxylic acids is 2. The van der Waals surface area contributed by atoms with Crippen molar-refractivity contribution >= 4 is 109 Å². The zero-order valence-corrected chi connectivity index (χ0v) is 78.0. The van der Waals surface area contributed by atoms with Crippen molar-refractivity contribution in [2.45, 2.75) is 192 Å². The maximum Gasteiger partial charge on any atom is 0.338 e. The summed E-state index contributed by atoms with van der Waals surface area (Å²) in [6.07, 6.45) is 19.5. The number of fused-ring (bicyclic) bond motifs is 4. The van der Waals surface area contributed by atoms with Gasteiger partial charge in [0.1, 0.15) is 17.5 Å². The summed E-state index contributed by atoms with van der Waals surface area (Å²) in [5.41, 5.74) is 12.7. The van der Waals surface area contributed by atoms with Crippen molar-refractivity contribution in [1.82, 2.24) is 43.1 Å². The number of ether oxygens (including phenoxy) is 3. The van der Waals surface area contributed by atoms with E-state index in [0.29, 0.717) is 87.8 Å². The second-order valence-corrected chi connectivity index (χ2v) is 37.0. The van der Waals surface area contributed by atoms with Crippen LogP contribution in [0.15, 0.2) is 225 Å². The zero-order chi connectivity index (χ0) is 89.7. The third-order valence-electron chi connectivity index (χ3n) is 23.0. The number of carbonyl (C=O) groups is 3. The maximum absolute atomic E-state index is 12.3. The first-order valence-electron chi connectivity index (χ1n) is 43.4. The number of aryl methyl sites for hydroxylation is 4. The van der Waals surface area contributed by atoms with Crippen molar-refractivity contribution in [3.05, 3.63) is 298 Å². The topological polar surface area (TPSA) is 229 Å². The van der Waals surface area contributed by atoms with Crippen LogP contribution in [0.25, 0.3) is 21.3 Å². The van der Waals surface area contributed by atoms with Gasteiger partial charge in [-0.1, -0.05) is 238 Å². The largest absolute Gasteiger partial charge is 0.481 e. The van der Waals surface area contributed by atoms with Crippen LogP contribution in [0.1, 0.15) is 170 Å². The Hall–Kier alpha value is -9.27. The van der Waals surface area contributed by atoms with Crippen molar-refractivity contribution in [2.24, 2.45) is 38.0 Å². The molecule has 2 saturated heterocycles. The molecule has 0 spiro atoms. The molecule has 0 bridgehead atoms. The Balaban J connectivity index is 0.000000152. The van der Waals surface area contributed by atoms with Crippen LogP contribution in [-0.4, -0.2) is 144 Å².